The van der Waals surface area contributed by atoms with E-state index in [2.05, 4.69) is 11.1 Å². The van der Waals surface area contributed by atoms with Gasteiger partial charge in [-0.2, -0.15) is 0 Å². The monoisotopic (exact) mass is 229 g/mol. The molecule has 0 radical (unpaired) electrons. The molecule has 3 rings (SSSR count). The maximum atomic E-state index is 13.0. The number of nitrogens with zero attached hydrogens (tertiary/aromatic N) is 1. The van der Waals surface area contributed by atoms with Gasteiger partial charge in [-0.05, 0) is 30.5 Å². The van der Waals surface area contributed by atoms with Gasteiger partial charge in [0.15, 0.2) is 0 Å². The van der Waals surface area contributed by atoms with Gasteiger partial charge < -0.3 is 5.11 Å². The molecule has 1 aromatic carbocycles. The van der Waals surface area contributed by atoms with E-state index in [-0.39, 0.29) is 11.7 Å². The van der Waals surface area contributed by atoms with Crippen LogP contribution in [0.5, 0.6) is 5.75 Å². The number of fused-ring (bicyclic) bond motifs is 1. The van der Waals surface area contributed by atoms with E-state index in [1.165, 1.54) is 11.6 Å². The average molecular weight is 229 g/mol. The highest BCUT2D eigenvalue weighted by Crippen LogP contribution is 2.40. The number of phenolic OH excluding ortho intramolecular Hbond substituents is 1. The van der Waals surface area contributed by atoms with Gasteiger partial charge in [0.2, 0.25) is 0 Å². The van der Waals surface area contributed by atoms with Gasteiger partial charge in [-0.1, -0.05) is 12.1 Å². The van der Waals surface area contributed by atoms with Crippen LogP contribution in [0.15, 0.2) is 36.5 Å². The molecule has 0 fully saturated rings. The van der Waals surface area contributed by atoms with Crippen molar-refractivity contribution in [1.82, 2.24) is 4.98 Å². The number of aromatic hydroxyl groups is 1. The van der Waals surface area contributed by atoms with Gasteiger partial charge in [-0.3, -0.25) is 4.98 Å². The van der Waals surface area contributed by atoms with Crippen LogP contribution < -0.4 is 0 Å². The maximum Gasteiger partial charge on any atom is 0.126 e. The van der Waals surface area contributed by atoms with E-state index in [1.54, 1.807) is 12.3 Å². The van der Waals surface area contributed by atoms with E-state index >= 15 is 0 Å². The van der Waals surface area contributed by atoms with E-state index in [4.69, 9.17) is 0 Å². The summed E-state index contributed by atoms with van der Waals surface area (Å²) in [6, 6.07) is 8.18. The predicted molar refractivity (Wildman–Crippen MR) is 62.5 cm³/mol. The second-order valence-electron chi connectivity index (χ2n) is 4.34. The summed E-state index contributed by atoms with van der Waals surface area (Å²) in [5.74, 6) is -0.300. The van der Waals surface area contributed by atoms with Gasteiger partial charge in [0.05, 0.1) is 5.69 Å². The van der Waals surface area contributed by atoms with Crippen molar-refractivity contribution in [3.63, 3.8) is 0 Å². The van der Waals surface area contributed by atoms with Gasteiger partial charge in [0.25, 0.3) is 0 Å². The minimum absolute atomic E-state index is 0.0218. The molecule has 86 valence electrons. The smallest absolute Gasteiger partial charge is 0.126 e. The Morgan fingerprint density at radius 2 is 2.18 bits per heavy atom. The van der Waals surface area contributed by atoms with Crippen molar-refractivity contribution in [2.24, 2.45) is 0 Å². The molecule has 1 heterocycles. The minimum atomic E-state index is -0.412. The molecule has 1 aliphatic rings. The molecule has 0 saturated carbocycles. The van der Waals surface area contributed by atoms with Crippen LogP contribution in [-0.2, 0) is 6.42 Å². The Kier molecular flexibility index (Phi) is 2.32. The zero-order valence-electron chi connectivity index (χ0n) is 9.23. The Morgan fingerprint density at radius 1 is 1.29 bits per heavy atom. The SMILES string of the molecule is Oc1cc(F)ccc1C1CCc2cccnc21. The summed E-state index contributed by atoms with van der Waals surface area (Å²) in [6.07, 6.45) is 3.65. The van der Waals surface area contributed by atoms with Crippen molar-refractivity contribution in [1.29, 1.82) is 0 Å². The molecule has 17 heavy (non-hydrogen) atoms. The van der Waals surface area contributed by atoms with Crippen molar-refractivity contribution in [2.45, 2.75) is 18.8 Å². The lowest BCUT2D eigenvalue weighted by atomic mass is 9.95. The lowest BCUT2D eigenvalue weighted by Gasteiger charge is -2.12. The molecule has 2 aromatic rings. The number of hydrogen-bond acceptors (Lipinski definition) is 2. The van der Waals surface area contributed by atoms with E-state index in [9.17, 15) is 9.50 Å². The number of phenols is 1. The van der Waals surface area contributed by atoms with Crippen molar-refractivity contribution in [3.05, 3.63) is 59.2 Å². The topological polar surface area (TPSA) is 33.1 Å². The number of rotatable bonds is 1. The summed E-state index contributed by atoms with van der Waals surface area (Å²) < 4.78 is 13.0. The van der Waals surface area contributed by atoms with Crippen LogP contribution in [-0.4, -0.2) is 10.1 Å². The first kappa shape index (κ1) is 10.3. The third kappa shape index (κ3) is 1.68. The molecule has 1 unspecified atom stereocenters. The molecule has 2 nitrogen and oxygen atoms in total. The van der Waals surface area contributed by atoms with Crippen molar-refractivity contribution in [3.8, 4) is 5.75 Å². The van der Waals surface area contributed by atoms with Crippen LogP contribution >= 0.6 is 0 Å². The quantitative estimate of drug-likeness (QED) is 0.815. The molecule has 1 aliphatic carbocycles. The fourth-order valence-corrected chi connectivity index (χ4v) is 2.53. The van der Waals surface area contributed by atoms with E-state index in [0.717, 1.165) is 30.2 Å². The van der Waals surface area contributed by atoms with Crippen LogP contribution in [0.25, 0.3) is 0 Å². The first-order valence-electron chi connectivity index (χ1n) is 5.68. The number of halogens is 1. The predicted octanol–water partition coefficient (Wildman–Crippen LogP) is 3.00. The van der Waals surface area contributed by atoms with Crippen molar-refractivity contribution in [2.75, 3.05) is 0 Å². The number of aryl methyl sites for hydroxylation is 1. The molecule has 1 atom stereocenters. The number of benzene rings is 1. The highest BCUT2D eigenvalue weighted by molar-refractivity contribution is 5.44. The second kappa shape index (κ2) is 3.84. The molecule has 1 N–H and O–H groups in total. The Bertz CT molecular complexity index is 568. The summed E-state index contributed by atoms with van der Waals surface area (Å²) in [7, 11) is 0. The minimum Gasteiger partial charge on any atom is -0.508 e. The molecular formula is C14H12FNO. The zero-order valence-corrected chi connectivity index (χ0v) is 9.23. The van der Waals surface area contributed by atoms with Crippen molar-refractivity contribution < 1.29 is 9.50 Å². The standard InChI is InChI=1S/C14H12FNO/c15-10-4-6-11(13(17)8-10)12-5-3-9-2-1-7-16-14(9)12/h1-2,4,6-8,12,17H,3,5H2. The first-order valence-corrected chi connectivity index (χ1v) is 5.68. The Morgan fingerprint density at radius 3 is 3.00 bits per heavy atom. The van der Waals surface area contributed by atoms with Crippen LogP contribution in [0.4, 0.5) is 4.39 Å². The Balaban J connectivity index is 2.07. The lowest BCUT2D eigenvalue weighted by molar-refractivity contribution is 0.458. The highest BCUT2D eigenvalue weighted by atomic mass is 19.1. The van der Waals surface area contributed by atoms with E-state index in [1.807, 2.05) is 6.07 Å². The highest BCUT2D eigenvalue weighted by Gasteiger charge is 2.27. The van der Waals surface area contributed by atoms with Gasteiger partial charge >= 0.3 is 0 Å². The summed E-state index contributed by atoms with van der Waals surface area (Å²) in [4.78, 5) is 4.38. The molecule has 0 saturated heterocycles. The van der Waals surface area contributed by atoms with Crippen LogP contribution in [0, 0.1) is 5.82 Å². The average Bonchev–Trinajstić information content (AvgIpc) is 2.73. The van der Waals surface area contributed by atoms with Gasteiger partial charge in [0.1, 0.15) is 11.6 Å². The molecule has 0 aliphatic heterocycles. The van der Waals surface area contributed by atoms with Crippen LogP contribution in [0.3, 0.4) is 0 Å². The molecule has 1 aromatic heterocycles. The molecule has 0 amide bonds. The molecule has 3 heteroatoms. The normalized spacial score (nSPS) is 18.1. The van der Waals surface area contributed by atoms with Gasteiger partial charge in [0, 0.05) is 23.7 Å². The third-order valence-electron chi connectivity index (χ3n) is 3.33. The van der Waals surface area contributed by atoms with Crippen molar-refractivity contribution >= 4 is 0 Å². The zero-order chi connectivity index (χ0) is 11.8. The van der Waals surface area contributed by atoms with E-state index < -0.39 is 5.82 Å². The molecule has 0 bridgehead atoms. The van der Waals surface area contributed by atoms with Gasteiger partial charge in [-0.25, -0.2) is 4.39 Å². The number of aromatic nitrogens is 1. The van der Waals surface area contributed by atoms with Crippen LogP contribution in [0.1, 0.15) is 29.2 Å². The fraction of sp³-hybridized carbons (Fsp3) is 0.214. The third-order valence-corrected chi connectivity index (χ3v) is 3.33. The Hall–Kier alpha value is -1.90. The summed E-state index contributed by atoms with van der Waals surface area (Å²) in [6.45, 7) is 0. The fourth-order valence-electron chi connectivity index (χ4n) is 2.53. The lowest BCUT2D eigenvalue weighted by Crippen LogP contribution is -1.99. The maximum absolute atomic E-state index is 13.0. The second-order valence-corrected chi connectivity index (χ2v) is 4.34. The number of hydrogen-bond donors (Lipinski definition) is 1. The number of pyridine rings is 1. The molecule has 0 spiro atoms. The summed E-state index contributed by atoms with van der Waals surface area (Å²) in [5.41, 5.74) is 3.00. The summed E-state index contributed by atoms with van der Waals surface area (Å²) >= 11 is 0. The largest absolute Gasteiger partial charge is 0.508 e. The Labute approximate surface area is 98.8 Å². The first-order chi connectivity index (χ1) is 8.25. The van der Waals surface area contributed by atoms with Crippen LogP contribution in [0.2, 0.25) is 0 Å². The van der Waals surface area contributed by atoms with E-state index in [0.29, 0.717) is 0 Å². The summed E-state index contributed by atoms with van der Waals surface area (Å²) in [5, 5.41) is 9.81. The van der Waals surface area contributed by atoms with Gasteiger partial charge in [-0.15, -0.1) is 0 Å². The molecular weight excluding hydrogens is 217 g/mol.